The first-order valence-electron chi connectivity index (χ1n) is 7.40. The van der Waals surface area contributed by atoms with Gasteiger partial charge in [0.2, 0.25) is 0 Å². The van der Waals surface area contributed by atoms with Crippen molar-refractivity contribution in [3.05, 3.63) is 24.3 Å². The third kappa shape index (κ3) is 4.45. The number of aliphatic carboxylic acids is 1. The lowest BCUT2D eigenvalue weighted by Crippen LogP contribution is -2.35. The minimum atomic E-state index is -0.975. The van der Waals surface area contributed by atoms with Gasteiger partial charge in [-0.2, -0.15) is 0 Å². The number of carbonyl (C=O) groups is 3. The van der Waals surface area contributed by atoms with Crippen LogP contribution in [0.15, 0.2) is 24.3 Å². The van der Waals surface area contributed by atoms with Crippen LogP contribution in [0.3, 0.4) is 0 Å². The number of amides is 1. The molecule has 7 nitrogen and oxygen atoms in total. The van der Waals surface area contributed by atoms with Gasteiger partial charge in [-0.05, 0) is 43.5 Å². The van der Waals surface area contributed by atoms with Gasteiger partial charge in [-0.3, -0.25) is 9.59 Å². The predicted octanol–water partition coefficient (Wildman–Crippen LogP) is 1.82. The van der Waals surface area contributed by atoms with E-state index in [1.807, 2.05) is 0 Å². The number of methoxy groups -OCH3 is 1. The SMILES string of the molecule is COC(=O)C(=O)Nc1ccc(OC2CCCCC2C(=O)O)cc1. The summed E-state index contributed by atoms with van der Waals surface area (Å²) in [5.74, 6) is -2.64. The second kappa shape index (κ2) is 7.62. The fourth-order valence-electron chi connectivity index (χ4n) is 2.59. The highest BCUT2D eigenvalue weighted by atomic mass is 16.5. The smallest absolute Gasteiger partial charge is 0.396 e. The van der Waals surface area contributed by atoms with Crippen molar-refractivity contribution in [3.8, 4) is 5.75 Å². The van der Waals surface area contributed by atoms with E-state index in [0.29, 0.717) is 24.3 Å². The number of carboxylic acid groups (broad SMARTS) is 1. The normalized spacial score (nSPS) is 20.4. The number of carbonyl (C=O) groups excluding carboxylic acids is 2. The van der Waals surface area contributed by atoms with Gasteiger partial charge in [-0.25, -0.2) is 4.79 Å². The average molecular weight is 321 g/mol. The summed E-state index contributed by atoms with van der Waals surface area (Å²) in [5.41, 5.74) is 0.422. The third-order valence-electron chi connectivity index (χ3n) is 3.79. The first-order chi connectivity index (χ1) is 11.0. The summed E-state index contributed by atoms with van der Waals surface area (Å²) in [6.45, 7) is 0. The van der Waals surface area contributed by atoms with Crippen molar-refractivity contribution in [2.45, 2.75) is 31.8 Å². The Morgan fingerprint density at radius 2 is 1.78 bits per heavy atom. The largest absolute Gasteiger partial charge is 0.490 e. The van der Waals surface area contributed by atoms with Gasteiger partial charge in [0.25, 0.3) is 0 Å². The zero-order valence-electron chi connectivity index (χ0n) is 12.8. The summed E-state index contributed by atoms with van der Waals surface area (Å²) >= 11 is 0. The van der Waals surface area contributed by atoms with E-state index in [4.69, 9.17) is 4.74 Å². The van der Waals surface area contributed by atoms with Crippen molar-refractivity contribution in [1.82, 2.24) is 0 Å². The first kappa shape index (κ1) is 16.8. The van der Waals surface area contributed by atoms with Crippen molar-refractivity contribution < 1.29 is 29.0 Å². The molecule has 0 aliphatic heterocycles. The van der Waals surface area contributed by atoms with Crippen LogP contribution >= 0.6 is 0 Å². The van der Waals surface area contributed by atoms with Crippen LogP contribution in [-0.4, -0.2) is 36.2 Å². The summed E-state index contributed by atoms with van der Waals surface area (Å²) in [4.78, 5) is 33.7. The van der Waals surface area contributed by atoms with Gasteiger partial charge in [-0.1, -0.05) is 6.42 Å². The Kier molecular flexibility index (Phi) is 5.56. The first-order valence-corrected chi connectivity index (χ1v) is 7.40. The van der Waals surface area contributed by atoms with Crippen molar-refractivity contribution in [2.24, 2.45) is 5.92 Å². The molecule has 0 bridgehead atoms. The van der Waals surface area contributed by atoms with Gasteiger partial charge < -0.3 is 19.9 Å². The molecule has 1 aliphatic carbocycles. The molecule has 124 valence electrons. The molecule has 1 fully saturated rings. The lowest BCUT2D eigenvalue weighted by Gasteiger charge is -2.29. The van der Waals surface area contributed by atoms with E-state index in [1.54, 1.807) is 24.3 Å². The molecule has 0 saturated heterocycles. The summed E-state index contributed by atoms with van der Waals surface area (Å²) in [6.07, 6.45) is 2.82. The Hall–Kier alpha value is -2.57. The van der Waals surface area contributed by atoms with Crippen LogP contribution < -0.4 is 10.1 Å². The van der Waals surface area contributed by atoms with Crippen LogP contribution in [0.5, 0.6) is 5.75 Å². The number of rotatable bonds is 4. The molecule has 23 heavy (non-hydrogen) atoms. The lowest BCUT2D eigenvalue weighted by atomic mass is 9.86. The second-order valence-electron chi connectivity index (χ2n) is 5.36. The fourth-order valence-corrected chi connectivity index (χ4v) is 2.59. The second-order valence-corrected chi connectivity index (χ2v) is 5.36. The zero-order valence-corrected chi connectivity index (χ0v) is 12.8. The summed E-state index contributed by atoms with van der Waals surface area (Å²) in [6, 6.07) is 6.41. The maximum atomic E-state index is 11.4. The molecular weight excluding hydrogens is 302 g/mol. The van der Waals surface area contributed by atoms with Gasteiger partial charge in [0.1, 0.15) is 11.9 Å². The van der Waals surface area contributed by atoms with Crippen LogP contribution in [0.25, 0.3) is 0 Å². The molecular formula is C16H19NO6. The molecule has 1 aliphatic rings. The van der Waals surface area contributed by atoms with Gasteiger partial charge >= 0.3 is 17.8 Å². The molecule has 2 N–H and O–H groups in total. The van der Waals surface area contributed by atoms with Crippen LogP contribution in [0.4, 0.5) is 5.69 Å². The number of ether oxygens (including phenoxy) is 2. The number of anilines is 1. The molecule has 0 aromatic heterocycles. The Balaban J connectivity index is 1.98. The number of carboxylic acids is 1. The van der Waals surface area contributed by atoms with Crippen molar-refractivity contribution in [3.63, 3.8) is 0 Å². The van der Waals surface area contributed by atoms with Gasteiger partial charge in [-0.15, -0.1) is 0 Å². The zero-order chi connectivity index (χ0) is 16.8. The van der Waals surface area contributed by atoms with Crippen LogP contribution in [0.2, 0.25) is 0 Å². The minimum Gasteiger partial charge on any atom is -0.490 e. The summed E-state index contributed by atoms with van der Waals surface area (Å²) in [7, 11) is 1.13. The quantitative estimate of drug-likeness (QED) is 0.648. The average Bonchev–Trinajstić information content (AvgIpc) is 2.56. The molecule has 1 aromatic rings. The van der Waals surface area contributed by atoms with Crippen LogP contribution in [-0.2, 0) is 19.1 Å². The monoisotopic (exact) mass is 321 g/mol. The number of nitrogens with one attached hydrogen (secondary N) is 1. The highest BCUT2D eigenvalue weighted by molar-refractivity contribution is 6.37. The van der Waals surface area contributed by atoms with Gasteiger partial charge in [0.05, 0.1) is 13.0 Å². The maximum Gasteiger partial charge on any atom is 0.396 e. The Morgan fingerprint density at radius 3 is 2.39 bits per heavy atom. The van der Waals surface area contributed by atoms with Gasteiger partial charge in [0, 0.05) is 5.69 Å². The maximum absolute atomic E-state index is 11.4. The molecule has 2 atom stereocenters. The molecule has 0 heterocycles. The van der Waals surface area contributed by atoms with Crippen molar-refractivity contribution >= 4 is 23.5 Å². The number of hydrogen-bond acceptors (Lipinski definition) is 5. The van der Waals surface area contributed by atoms with E-state index in [-0.39, 0.29) is 6.10 Å². The molecule has 2 rings (SSSR count). The van der Waals surface area contributed by atoms with E-state index in [2.05, 4.69) is 10.1 Å². The molecule has 2 unspecified atom stereocenters. The van der Waals surface area contributed by atoms with E-state index < -0.39 is 23.8 Å². The molecule has 7 heteroatoms. The van der Waals surface area contributed by atoms with Gasteiger partial charge in [0.15, 0.2) is 0 Å². The number of benzene rings is 1. The topological polar surface area (TPSA) is 102 Å². The molecule has 1 aromatic carbocycles. The number of esters is 1. The van der Waals surface area contributed by atoms with E-state index in [0.717, 1.165) is 20.0 Å². The highest BCUT2D eigenvalue weighted by Crippen LogP contribution is 2.29. The van der Waals surface area contributed by atoms with Crippen LogP contribution in [0.1, 0.15) is 25.7 Å². The minimum absolute atomic E-state index is 0.350. The Morgan fingerprint density at radius 1 is 1.13 bits per heavy atom. The Labute approximate surface area is 133 Å². The molecule has 1 saturated carbocycles. The van der Waals surface area contributed by atoms with Crippen LogP contribution in [0, 0.1) is 5.92 Å². The summed E-state index contributed by atoms with van der Waals surface area (Å²) in [5, 5.41) is 11.6. The van der Waals surface area contributed by atoms with Crippen molar-refractivity contribution in [1.29, 1.82) is 0 Å². The van der Waals surface area contributed by atoms with E-state index >= 15 is 0 Å². The molecule has 0 spiro atoms. The highest BCUT2D eigenvalue weighted by Gasteiger charge is 2.32. The Bertz CT molecular complexity index is 583. The van der Waals surface area contributed by atoms with E-state index in [9.17, 15) is 19.5 Å². The number of hydrogen-bond donors (Lipinski definition) is 2. The lowest BCUT2D eigenvalue weighted by molar-refractivity contribution is -0.150. The molecule has 1 amide bonds. The molecule has 0 radical (unpaired) electrons. The predicted molar refractivity (Wildman–Crippen MR) is 81.1 cm³/mol. The summed E-state index contributed by atoms with van der Waals surface area (Å²) < 4.78 is 10.1. The van der Waals surface area contributed by atoms with E-state index in [1.165, 1.54) is 0 Å². The van der Waals surface area contributed by atoms with Crippen molar-refractivity contribution in [2.75, 3.05) is 12.4 Å². The third-order valence-corrected chi connectivity index (χ3v) is 3.79. The standard InChI is InChI=1S/C16H19NO6/c1-22-16(21)14(18)17-10-6-8-11(9-7-10)23-13-5-3-2-4-12(13)15(19)20/h6-9,12-13H,2-5H2,1H3,(H,17,18)(H,19,20). The fraction of sp³-hybridized carbons (Fsp3) is 0.438.